The molecule has 0 heterocycles. The van der Waals surface area contributed by atoms with E-state index in [-0.39, 0.29) is 17.2 Å². The molecule has 0 spiro atoms. The first-order chi connectivity index (χ1) is 7.53. The van der Waals surface area contributed by atoms with E-state index in [1.165, 1.54) is 6.07 Å². The fourth-order valence-corrected chi connectivity index (χ4v) is 2.06. The van der Waals surface area contributed by atoms with E-state index < -0.39 is 11.4 Å². The van der Waals surface area contributed by atoms with Gasteiger partial charge in [0.25, 0.3) is 0 Å². The third-order valence-corrected chi connectivity index (χ3v) is 3.61. The Morgan fingerprint density at radius 3 is 2.75 bits per heavy atom. The van der Waals surface area contributed by atoms with Crippen LogP contribution in [0.4, 0.5) is 4.39 Å². The molecule has 4 heteroatoms. The number of hydrogen-bond donors (Lipinski definition) is 1. The average Bonchev–Trinajstić information content (AvgIpc) is 2.21. The van der Waals surface area contributed by atoms with Crippen molar-refractivity contribution in [1.29, 1.82) is 0 Å². The van der Waals surface area contributed by atoms with Gasteiger partial charge < -0.3 is 5.73 Å². The highest BCUT2D eigenvalue weighted by molar-refractivity contribution is 6.31. The normalized spacial score (nSPS) is 17.9. The first-order valence-corrected chi connectivity index (χ1v) is 5.66. The summed E-state index contributed by atoms with van der Waals surface area (Å²) in [7, 11) is 0. The Morgan fingerprint density at radius 1 is 1.50 bits per heavy atom. The van der Waals surface area contributed by atoms with E-state index in [0.717, 1.165) is 19.3 Å². The fraction of sp³-hybridized carbons (Fsp3) is 0.417. The Bertz CT molecular complexity index is 429. The number of rotatable bonds is 3. The number of carbonyl (C=O) groups is 1. The van der Waals surface area contributed by atoms with Crippen molar-refractivity contribution >= 4 is 17.4 Å². The van der Waals surface area contributed by atoms with Crippen LogP contribution in [0.3, 0.4) is 0 Å². The smallest absolute Gasteiger partial charge is 0.157 e. The minimum Gasteiger partial charge on any atom is -0.319 e. The molecule has 1 aliphatic carbocycles. The topological polar surface area (TPSA) is 43.1 Å². The van der Waals surface area contributed by atoms with E-state index in [2.05, 4.69) is 0 Å². The van der Waals surface area contributed by atoms with E-state index in [0.29, 0.717) is 5.56 Å². The maximum atomic E-state index is 13.1. The molecule has 0 amide bonds. The van der Waals surface area contributed by atoms with Gasteiger partial charge in [0, 0.05) is 6.42 Å². The van der Waals surface area contributed by atoms with Crippen molar-refractivity contribution in [2.24, 2.45) is 5.73 Å². The summed E-state index contributed by atoms with van der Waals surface area (Å²) in [4.78, 5) is 11.9. The summed E-state index contributed by atoms with van der Waals surface area (Å²) in [6, 6.07) is 4.48. The van der Waals surface area contributed by atoms with Crippen LogP contribution in [0, 0.1) is 5.82 Å². The largest absolute Gasteiger partial charge is 0.319 e. The Labute approximate surface area is 98.6 Å². The molecule has 86 valence electrons. The molecule has 0 unspecified atom stereocenters. The average molecular weight is 242 g/mol. The minimum atomic E-state index is -0.699. The molecular weight excluding hydrogens is 229 g/mol. The molecule has 1 aromatic rings. The molecule has 2 rings (SSSR count). The van der Waals surface area contributed by atoms with Crippen LogP contribution in [0.15, 0.2) is 18.2 Å². The SMILES string of the molecule is NC1(C(=O)Cc2cccc(F)c2Cl)CCC1. The van der Waals surface area contributed by atoms with Gasteiger partial charge in [-0.3, -0.25) is 4.79 Å². The lowest BCUT2D eigenvalue weighted by molar-refractivity contribution is -0.126. The number of halogens is 2. The van der Waals surface area contributed by atoms with Crippen LogP contribution in [0.2, 0.25) is 5.02 Å². The summed E-state index contributed by atoms with van der Waals surface area (Å²) in [5, 5.41) is 0.0266. The molecule has 0 radical (unpaired) electrons. The van der Waals surface area contributed by atoms with Crippen LogP contribution < -0.4 is 5.73 Å². The van der Waals surface area contributed by atoms with E-state index in [1.807, 2.05) is 0 Å². The molecule has 0 atom stereocenters. The highest BCUT2D eigenvalue weighted by Gasteiger charge is 2.39. The molecule has 0 saturated heterocycles. The van der Waals surface area contributed by atoms with Crippen molar-refractivity contribution in [3.05, 3.63) is 34.6 Å². The monoisotopic (exact) mass is 241 g/mol. The first-order valence-electron chi connectivity index (χ1n) is 5.28. The molecule has 1 fully saturated rings. The lowest BCUT2D eigenvalue weighted by Crippen LogP contribution is -2.54. The van der Waals surface area contributed by atoms with Crippen molar-refractivity contribution in [2.45, 2.75) is 31.2 Å². The number of nitrogens with two attached hydrogens (primary N) is 1. The van der Waals surface area contributed by atoms with Crippen molar-refractivity contribution in [2.75, 3.05) is 0 Å². The Balaban J connectivity index is 2.15. The maximum Gasteiger partial charge on any atom is 0.157 e. The predicted octanol–water partition coefficient (Wildman–Crippen LogP) is 2.47. The second-order valence-electron chi connectivity index (χ2n) is 4.32. The number of benzene rings is 1. The Morgan fingerprint density at radius 2 is 2.19 bits per heavy atom. The fourth-order valence-electron chi connectivity index (χ4n) is 1.87. The molecule has 2 N–H and O–H groups in total. The number of ketones is 1. The molecule has 0 aliphatic heterocycles. The summed E-state index contributed by atoms with van der Waals surface area (Å²) in [6.07, 6.45) is 2.55. The van der Waals surface area contributed by atoms with Crippen LogP contribution in [0.1, 0.15) is 24.8 Å². The zero-order valence-electron chi connectivity index (χ0n) is 8.80. The van der Waals surface area contributed by atoms with Gasteiger partial charge in [-0.25, -0.2) is 4.39 Å². The third-order valence-electron chi connectivity index (χ3n) is 3.18. The minimum absolute atomic E-state index is 0.0266. The summed E-state index contributed by atoms with van der Waals surface area (Å²) >= 11 is 5.78. The molecule has 0 bridgehead atoms. The summed E-state index contributed by atoms with van der Waals surface area (Å²) in [6.45, 7) is 0. The van der Waals surface area contributed by atoms with Gasteiger partial charge in [0.1, 0.15) is 5.82 Å². The molecule has 0 aromatic heterocycles. The highest BCUT2D eigenvalue weighted by Crippen LogP contribution is 2.32. The molecule has 1 aromatic carbocycles. The lowest BCUT2D eigenvalue weighted by atomic mass is 9.73. The van der Waals surface area contributed by atoms with Crippen molar-refractivity contribution in [3.8, 4) is 0 Å². The zero-order chi connectivity index (χ0) is 11.8. The summed E-state index contributed by atoms with van der Waals surface area (Å²) < 4.78 is 13.1. The zero-order valence-corrected chi connectivity index (χ0v) is 9.56. The number of Topliss-reactive ketones (excluding diaryl/α,β-unsaturated/α-hetero) is 1. The maximum absolute atomic E-state index is 13.1. The van der Waals surface area contributed by atoms with Crippen LogP contribution in [-0.2, 0) is 11.2 Å². The van der Waals surface area contributed by atoms with Gasteiger partial charge in [0.05, 0.1) is 10.6 Å². The van der Waals surface area contributed by atoms with Gasteiger partial charge in [0.2, 0.25) is 0 Å². The Kier molecular flexibility index (Phi) is 3.00. The number of hydrogen-bond acceptors (Lipinski definition) is 2. The van der Waals surface area contributed by atoms with Gasteiger partial charge in [-0.05, 0) is 30.9 Å². The highest BCUT2D eigenvalue weighted by atomic mass is 35.5. The molecular formula is C12H13ClFNO. The van der Waals surface area contributed by atoms with Crippen LogP contribution in [0.25, 0.3) is 0 Å². The second kappa shape index (κ2) is 4.15. The quantitative estimate of drug-likeness (QED) is 0.884. The van der Waals surface area contributed by atoms with Crippen molar-refractivity contribution in [3.63, 3.8) is 0 Å². The lowest BCUT2D eigenvalue weighted by Gasteiger charge is -2.36. The number of carbonyl (C=O) groups excluding carboxylic acids is 1. The standard InChI is InChI=1S/C12H13ClFNO/c13-11-8(3-1-4-9(11)14)7-10(16)12(15)5-2-6-12/h1,3-4H,2,5-7,15H2. The van der Waals surface area contributed by atoms with Crippen LogP contribution in [-0.4, -0.2) is 11.3 Å². The van der Waals surface area contributed by atoms with Gasteiger partial charge in [-0.15, -0.1) is 0 Å². The predicted molar refractivity (Wildman–Crippen MR) is 60.9 cm³/mol. The van der Waals surface area contributed by atoms with Gasteiger partial charge in [-0.1, -0.05) is 23.7 Å². The van der Waals surface area contributed by atoms with E-state index in [1.54, 1.807) is 12.1 Å². The van der Waals surface area contributed by atoms with Crippen LogP contribution in [0.5, 0.6) is 0 Å². The van der Waals surface area contributed by atoms with Crippen molar-refractivity contribution < 1.29 is 9.18 Å². The van der Waals surface area contributed by atoms with Gasteiger partial charge in [-0.2, -0.15) is 0 Å². The van der Waals surface area contributed by atoms with E-state index >= 15 is 0 Å². The second-order valence-corrected chi connectivity index (χ2v) is 4.70. The third kappa shape index (κ3) is 1.97. The first kappa shape index (κ1) is 11.6. The summed E-state index contributed by atoms with van der Waals surface area (Å²) in [5.74, 6) is -0.544. The van der Waals surface area contributed by atoms with E-state index in [4.69, 9.17) is 17.3 Å². The Hall–Kier alpha value is -0.930. The van der Waals surface area contributed by atoms with Crippen molar-refractivity contribution in [1.82, 2.24) is 0 Å². The molecule has 1 aliphatic rings. The van der Waals surface area contributed by atoms with E-state index in [9.17, 15) is 9.18 Å². The van der Waals surface area contributed by atoms with Gasteiger partial charge >= 0.3 is 0 Å². The molecule has 1 saturated carbocycles. The molecule has 2 nitrogen and oxygen atoms in total. The van der Waals surface area contributed by atoms with Gasteiger partial charge in [0.15, 0.2) is 5.78 Å². The van der Waals surface area contributed by atoms with Crippen LogP contribution >= 0.6 is 11.6 Å². The molecule has 16 heavy (non-hydrogen) atoms. The summed E-state index contributed by atoms with van der Waals surface area (Å²) in [5.41, 5.74) is 5.71.